The number of nitrogens with one attached hydrogen (secondary N) is 1. The van der Waals surface area contributed by atoms with Gasteiger partial charge in [-0.2, -0.15) is 0 Å². The van der Waals surface area contributed by atoms with Crippen LogP contribution in [0.25, 0.3) is 28.6 Å². The molecule has 0 unspecified atom stereocenters. The molecule has 0 aliphatic rings. The number of hydrogen-bond acceptors (Lipinski definition) is 8. The van der Waals surface area contributed by atoms with Crippen LogP contribution in [0, 0.1) is 6.92 Å². The van der Waals surface area contributed by atoms with E-state index in [2.05, 4.69) is 19.7 Å². The lowest BCUT2D eigenvalue weighted by Gasteiger charge is -2.15. The summed E-state index contributed by atoms with van der Waals surface area (Å²) in [7, 11) is -0.465. The fraction of sp³-hybridized carbons (Fsp3) is 0.211. The van der Waals surface area contributed by atoms with Crippen molar-refractivity contribution >= 4 is 27.1 Å². The number of methoxy groups -OCH3 is 2. The van der Waals surface area contributed by atoms with Crippen molar-refractivity contribution in [3.05, 3.63) is 42.3 Å². The number of hydrogen-bond donors (Lipinski definition) is 1. The number of sulfonamides is 1. The number of aryl methyl sites for hydroxylation is 1. The second-order valence-electron chi connectivity index (χ2n) is 6.47. The zero-order valence-corrected chi connectivity index (χ0v) is 17.5. The Morgan fingerprint density at radius 3 is 2.33 bits per heavy atom. The van der Waals surface area contributed by atoms with Crippen molar-refractivity contribution in [1.29, 1.82) is 0 Å². The molecule has 3 heterocycles. The van der Waals surface area contributed by atoms with E-state index < -0.39 is 10.0 Å². The average Bonchev–Trinajstić information content (AvgIpc) is 3.29. The van der Waals surface area contributed by atoms with Gasteiger partial charge in [0, 0.05) is 0 Å². The molecule has 0 spiro atoms. The van der Waals surface area contributed by atoms with Gasteiger partial charge < -0.3 is 13.9 Å². The maximum Gasteiger partial charge on any atom is 0.231 e. The van der Waals surface area contributed by atoms with Crippen LogP contribution in [-0.4, -0.2) is 48.4 Å². The molecule has 4 aromatic rings. The first-order valence-electron chi connectivity index (χ1n) is 8.82. The van der Waals surface area contributed by atoms with E-state index >= 15 is 0 Å². The van der Waals surface area contributed by atoms with Crippen molar-refractivity contribution in [2.75, 3.05) is 25.2 Å². The quantitative estimate of drug-likeness (QED) is 0.497. The molecule has 0 saturated heterocycles. The van der Waals surface area contributed by atoms with Crippen LogP contribution in [0.15, 0.2) is 40.9 Å². The SMILES string of the molecule is COc1cccc(OC)c1-n1c(-c2ccc(C)o2)nc2ncc(NS(C)(=O)=O)nc21. The molecule has 1 N–H and O–H groups in total. The zero-order valence-electron chi connectivity index (χ0n) is 16.7. The molecule has 0 bridgehead atoms. The fourth-order valence-corrected chi connectivity index (χ4v) is 3.55. The molecule has 0 radical (unpaired) electrons. The molecule has 0 aliphatic carbocycles. The number of para-hydroxylation sites is 1. The number of rotatable bonds is 6. The van der Waals surface area contributed by atoms with E-state index in [0.717, 1.165) is 6.26 Å². The van der Waals surface area contributed by atoms with Gasteiger partial charge in [-0.1, -0.05) is 6.07 Å². The highest BCUT2D eigenvalue weighted by molar-refractivity contribution is 7.92. The van der Waals surface area contributed by atoms with Crippen molar-refractivity contribution in [3.8, 4) is 28.8 Å². The second kappa shape index (κ2) is 7.34. The molecule has 10 nitrogen and oxygen atoms in total. The van der Waals surface area contributed by atoms with Crippen LogP contribution in [0.2, 0.25) is 0 Å². The minimum Gasteiger partial charge on any atom is -0.494 e. The summed E-state index contributed by atoms with van der Waals surface area (Å²) in [6.07, 6.45) is 2.34. The zero-order chi connectivity index (χ0) is 21.5. The van der Waals surface area contributed by atoms with Crippen molar-refractivity contribution in [3.63, 3.8) is 0 Å². The predicted octanol–water partition coefficient (Wildman–Crippen LogP) is 2.77. The number of aromatic nitrogens is 4. The minimum absolute atomic E-state index is 0.0576. The maximum absolute atomic E-state index is 11.7. The van der Waals surface area contributed by atoms with Gasteiger partial charge in [-0.3, -0.25) is 9.29 Å². The average molecular weight is 429 g/mol. The maximum atomic E-state index is 11.7. The normalized spacial score (nSPS) is 11.6. The molecule has 4 rings (SSSR count). The summed E-state index contributed by atoms with van der Waals surface area (Å²) in [5.74, 6) is 2.66. The molecule has 0 atom stereocenters. The topological polar surface area (TPSA) is 121 Å². The summed E-state index contributed by atoms with van der Waals surface area (Å²) >= 11 is 0. The van der Waals surface area contributed by atoms with E-state index in [4.69, 9.17) is 13.9 Å². The van der Waals surface area contributed by atoms with Gasteiger partial charge in [-0.25, -0.2) is 23.4 Å². The van der Waals surface area contributed by atoms with Gasteiger partial charge in [-0.05, 0) is 31.2 Å². The molecule has 0 aliphatic heterocycles. The summed E-state index contributed by atoms with van der Waals surface area (Å²) < 4.78 is 44.2. The van der Waals surface area contributed by atoms with Crippen molar-refractivity contribution < 1.29 is 22.3 Å². The lowest BCUT2D eigenvalue weighted by atomic mass is 10.2. The van der Waals surface area contributed by atoms with Gasteiger partial charge in [0.15, 0.2) is 28.7 Å². The molecule has 0 saturated carbocycles. The highest BCUT2D eigenvalue weighted by Crippen LogP contribution is 2.38. The Morgan fingerprint density at radius 1 is 1.07 bits per heavy atom. The lowest BCUT2D eigenvalue weighted by Crippen LogP contribution is -2.11. The largest absolute Gasteiger partial charge is 0.494 e. The number of furan rings is 1. The highest BCUT2D eigenvalue weighted by atomic mass is 32.2. The number of fused-ring (bicyclic) bond motifs is 1. The van der Waals surface area contributed by atoms with E-state index in [-0.39, 0.29) is 5.82 Å². The van der Waals surface area contributed by atoms with Crippen LogP contribution in [0.5, 0.6) is 11.5 Å². The smallest absolute Gasteiger partial charge is 0.231 e. The molecular formula is C19H19N5O5S. The van der Waals surface area contributed by atoms with Crippen LogP contribution in [0.3, 0.4) is 0 Å². The summed E-state index contributed by atoms with van der Waals surface area (Å²) in [6.45, 7) is 1.82. The Balaban J connectivity index is 2.08. The number of benzene rings is 1. The van der Waals surface area contributed by atoms with Crippen molar-refractivity contribution in [2.45, 2.75) is 6.92 Å². The molecule has 156 valence electrons. The number of imidazole rings is 1. The summed E-state index contributed by atoms with van der Waals surface area (Å²) in [4.78, 5) is 13.3. The molecule has 3 aromatic heterocycles. The van der Waals surface area contributed by atoms with E-state index in [0.29, 0.717) is 45.8 Å². The first-order valence-corrected chi connectivity index (χ1v) is 10.7. The fourth-order valence-electron chi connectivity index (χ4n) is 3.08. The molecule has 11 heteroatoms. The summed E-state index contributed by atoms with van der Waals surface area (Å²) in [5.41, 5.74) is 1.13. The number of ether oxygens (including phenoxy) is 2. The Hall–Kier alpha value is -3.60. The minimum atomic E-state index is -3.54. The highest BCUT2D eigenvalue weighted by Gasteiger charge is 2.24. The molecule has 1 aromatic carbocycles. The Morgan fingerprint density at radius 2 is 1.77 bits per heavy atom. The van der Waals surface area contributed by atoms with E-state index in [9.17, 15) is 8.42 Å². The Kier molecular flexibility index (Phi) is 4.82. The van der Waals surface area contributed by atoms with Crippen molar-refractivity contribution in [2.24, 2.45) is 0 Å². The lowest BCUT2D eigenvalue weighted by molar-refractivity contribution is 0.391. The number of nitrogens with zero attached hydrogens (tertiary/aromatic N) is 4. The monoisotopic (exact) mass is 429 g/mol. The first-order chi connectivity index (χ1) is 14.3. The van der Waals surface area contributed by atoms with Gasteiger partial charge in [-0.15, -0.1) is 0 Å². The van der Waals surface area contributed by atoms with Gasteiger partial charge >= 0.3 is 0 Å². The van der Waals surface area contributed by atoms with E-state index in [1.54, 1.807) is 28.8 Å². The van der Waals surface area contributed by atoms with Gasteiger partial charge in [0.05, 0.1) is 26.7 Å². The number of anilines is 1. The summed E-state index contributed by atoms with van der Waals surface area (Å²) in [5, 5.41) is 0. The van der Waals surface area contributed by atoms with Crippen LogP contribution in [0.1, 0.15) is 5.76 Å². The third-order valence-electron chi connectivity index (χ3n) is 4.25. The molecule has 0 amide bonds. The third-order valence-corrected chi connectivity index (χ3v) is 4.83. The Labute approximate surface area is 172 Å². The van der Waals surface area contributed by atoms with Crippen LogP contribution in [-0.2, 0) is 10.0 Å². The summed E-state index contributed by atoms with van der Waals surface area (Å²) in [6, 6.07) is 8.93. The first kappa shape index (κ1) is 19.7. The van der Waals surface area contributed by atoms with E-state index in [1.807, 2.05) is 13.0 Å². The molecule has 0 fully saturated rings. The van der Waals surface area contributed by atoms with Crippen LogP contribution >= 0.6 is 0 Å². The van der Waals surface area contributed by atoms with Crippen LogP contribution in [0.4, 0.5) is 5.82 Å². The van der Waals surface area contributed by atoms with Gasteiger partial charge in [0.25, 0.3) is 0 Å². The van der Waals surface area contributed by atoms with Crippen LogP contribution < -0.4 is 14.2 Å². The van der Waals surface area contributed by atoms with E-state index in [1.165, 1.54) is 20.4 Å². The van der Waals surface area contributed by atoms with Gasteiger partial charge in [0.1, 0.15) is 22.9 Å². The van der Waals surface area contributed by atoms with Crippen molar-refractivity contribution in [1.82, 2.24) is 19.5 Å². The molecular weight excluding hydrogens is 410 g/mol. The Bertz CT molecular complexity index is 1320. The molecule has 30 heavy (non-hydrogen) atoms. The predicted molar refractivity (Wildman–Crippen MR) is 111 cm³/mol. The third kappa shape index (κ3) is 3.54. The standard InChI is InChI=1S/C19H19N5O5S/c1-11-8-9-14(29-11)18-22-17-19(21-15(10-20-17)23-30(4,25)26)24(18)16-12(27-2)6-5-7-13(16)28-3/h5-10H,1-4H3,(H,21,23). The second-order valence-corrected chi connectivity index (χ2v) is 8.22. The van der Waals surface area contributed by atoms with Gasteiger partial charge in [0.2, 0.25) is 10.0 Å².